The van der Waals surface area contributed by atoms with Crippen LogP contribution in [0.3, 0.4) is 0 Å². The van der Waals surface area contributed by atoms with Gasteiger partial charge in [0.05, 0.1) is 30.1 Å². The van der Waals surface area contributed by atoms with E-state index in [-0.39, 0.29) is 23.3 Å². The van der Waals surface area contributed by atoms with E-state index >= 15 is 0 Å². The molecule has 0 bridgehead atoms. The van der Waals surface area contributed by atoms with Crippen LogP contribution in [0.15, 0.2) is 6.33 Å². The fourth-order valence-electron chi connectivity index (χ4n) is 4.94. The van der Waals surface area contributed by atoms with Gasteiger partial charge < -0.3 is 19.5 Å². The van der Waals surface area contributed by atoms with Crippen LogP contribution < -0.4 is 0 Å². The van der Waals surface area contributed by atoms with Gasteiger partial charge in [-0.05, 0) is 32.1 Å². The van der Waals surface area contributed by atoms with Gasteiger partial charge in [0.1, 0.15) is 0 Å². The van der Waals surface area contributed by atoms with Gasteiger partial charge in [0, 0.05) is 44.3 Å². The molecule has 140 valence electrons. The Balaban J connectivity index is 1.39. The van der Waals surface area contributed by atoms with Crippen molar-refractivity contribution >= 4 is 11.8 Å². The molecule has 1 unspecified atom stereocenters. The summed E-state index contributed by atoms with van der Waals surface area (Å²) in [4.78, 5) is 37.7. The molecule has 1 N–H and O–H groups in total. The Morgan fingerprint density at radius 3 is 2.62 bits per heavy atom. The van der Waals surface area contributed by atoms with E-state index in [0.29, 0.717) is 32.2 Å². The Morgan fingerprint density at radius 1 is 1.12 bits per heavy atom. The van der Waals surface area contributed by atoms with E-state index in [4.69, 9.17) is 4.74 Å². The summed E-state index contributed by atoms with van der Waals surface area (Å²) < 4.78 is 5.38. The lowest BCUT2D eigenvalue weighted by Gasteiger charge is -2.50. The van der Waals surface area contributed by atoms with Crippen molar-refractivity contribution in [3.05, 3.63) is 17.7 Å². The minimum Gasteiger partial charge on any atom is -0.381 e. The first-order valence-electron chi connectivity index (χ1n) is 9.90. The third kappa shape index (κ3) is 2.47. The average molecular weight is 358 g/mol. The summed E-state index contributed by atoms with van der Waals surface area (Å²) in [5, 5.41) is 0. The number of rotatable bonds is 2. The fraction of sp³-hybridized carbons (Fsp3) is 0.737. The van der Waals surface area contributed by atoms with Crippen molar-refractivity contribution in [1.82, 2.24) is 19.8 Å². The van der Waals surface area contributed by atoms with E-state index in [9.17, 15) is 9.59 Å². The van der Waals surface area contributed by atoms with Crippen molar-refractivity contribution in [1.29, 1.82) is 0 Å². The minimum absolute atomic E-state index is 0.0144. The number of aromatic nitrogens is 2. The molecule has 0 aromatic carbocycles. The molecule has 4 heterocycles. The van der Waals surface area contributed by atoms with Crippen molar-refractivity contribution in [3.8, 4) is 0 Å². The van der Waals surface area contributed by atoms with E-state index in [1.54, 1.807) is 6.33 Å². The van der Waals surface area contributed by atoms with Crippen LogP contribution in [0.4, 0.5) is 0 Å². The van der Waals surface area contributed by atoms with Crippen LogP contribution in [0.1, 0.15) is 43.5 Å². The van der Waals surface area contributed by atoms with Crippen LogP contribution in [0, 0.1) is 11.8 Å². The SMILES string of the molecule is O=C(C1CCOC1)N1CCC2(CC1)c1nc[nH]c1CCN2C(=O)C1CC1. The molecule has 1 aliphatic carbocycles. The molecule has 1 atom stereocenters. The molecule has 2 amide bonds. The lowest BCUT2D eigenvalue weighted by Crippen LogP contribution is -2.59. The zero-order valence-corrected chi connectivity index (χ0v) is 15.1. The zero-order valence-electron chi connectivity index (χ0n) is 15.1. The molecular formula is C19H26N4O3. The highest BCUT2D eigenvalue weighted by Gasteiger charge is 2.51. The number of hydrogen-bond acceptors (Lipinski definition) is 4. The molecule has 1 aromatic rings. The molecule has 1 aromatic heterocycles. The van der Waals surface area contributed by atoms with Gasteiger partial charge in [-0.25, -0.2) is 4.98 Å². The highest BCUT2D eigenvalue weighted by Crippen LogP contribution is 2.45. The Hall–Kier alpha value is -1.89. The molecule has 3 fully saturated rings. The number of piperidine rings is 1. The van der Waals surface area contributed by atoms with Gasteiger partial charge in [0.2, 0.25) is 11.8 Å². The van der Waals surface area contributed by atoms with Gasteiger partial charge >= 0.3 is 0 Å². The standard InChI is InChI=1S/C19H26N4O3/c24-17(14-4-10-26-11-14)22-8-5-19(6-9-22)16-15(20-12-21-16)3-7-23(19)18(25)13-1-2-13/h12-14H,1-11H2,(H,20,21). The number of nitrogens with zero attached hydrogens (tertiary/aromatic N) is 3. The molecule has 5 rings (SSSR count). The number of imidazole rings is 1. The number of carbonyl (C=O) groups is 2. The second-order valence-corrected chi connectivity index (χ2v) is 8.16. The first kappa shape index (κ1) is 16.3. The lowest BCUT2D eigenvalue weighted by atomic mass is 9.78. The number of ether oxygens (including phenoxy) is 1. The number of nitrogens with one attached hydrogen (secondary N) is 1. The van der Waals surface area contributed by atoms with E-state index in [0.717, 1.165) is 56.5 Å². The molecule has 3 aliphatic heterocycles. The molecule has 26 heavy (non-hydrogen) atoms. The van der Waals surface area contributed by atoms with Gasteiger partial charge in [0.25, 0.3) is 0 Å². The summed E-state index contributed by atoms with van der Waals surface area (Å²) in [6, 6.07) is 0. The molecule has 7 nitrogen and oxygen atoms in total. The van der Waals surface area contributed by atoms with E-state index in [1.807, 2.05) is 4.90 Å². The third-order valence-corrected chi connectivity index (χ3v) is 6.63. The van der Waals surface area contributed by atoms with Crippen molar-refractivity contribution in [2.45, 2.75) is 44.1 Å². The number of aromatic amines is 1. The summed E-state index contributed by atoms with van der Waals surface area (Å²) in [6.07, 6.45) is 7.03. The van der Waals surface area contributed by atoms with Gasteiger partial charge in [0.15, 0.2) is 0 Å². The predicted octanol–water partition coefficient (Wildman–Crippen LogP) is 1.06. The Morgan fingerprint density at radius 2 is 1.92 bits per heavy atom. The molecule has 0 radical (unpaired) electrons. The minimum atomic E-state index is -0.337. The maximum atomic E-state index is 13.0. The van der Waals surface area contributed by atoms with Crippen molar-refractivity contribution in [3.63, 3.8) is 0 Å². The molecule has 2 saturated heterocycles. The van der Waals surface area contributed by atoms with Gasteiger partial charge in [-0.1, -0.05) is 0 Å². The molecule has 1 saturated carbocycles. The Kier molecular flexibility index (Phi) is 3.81. The van der Waals surface area contributed by atoms with E-state index in [2.05, 4.69) is 14.9 Å². The molecular weight excluding hydrogens is 332 g/mol. The number of amides is 2. The van der Waals surface area contributed by atoms with Gasteiger partial charge in [-0.3, -0.25) is 9.59 Å². The topological polar surface area (TPSA) is 78.5 Å². The zero-order chi connectivity index (χ0) is 17.7. The summed E-state index contributed by atoms with van der Waals surface area (Å²) in [5.74, 6) is 0.737. The molecule has 1 spiro atoms. The highest BCUT2D eigenvalue weighted by molar-refractivity contribution is 5.82. The van der Waals surface area contributed by atoms with Gasteiger partial charge in [-0.15, -0.1) is 0 Å². The van der Waals surface area contributed by atoms with Crippen LogP contribution in [-0.4, -0.2) is 64.4 Å². The number of likely N-dealkylation sites (tertiary alicyclic amines) is 1. The van der Waals surface area contributed by atoms with Crippen molar-refractivity contribution in [2.75, 3.05) is 32.8 Å². The quantitative estimate of drug-likeness (QED) is 0.857. The van der Waals surface area contributed by atoms with Gasteiger partial charge in [-0.2, -0.15) is 0 Å². The number of hydrogen-bond donors (Lipinski definition) is 1. The predicted molar refractivity (Wildman–Crippen MR) is 93.1 cm³/mol. The summed E-state index contributed by atoms with van der Waals surface area (Å²) in [7, 11) is 0. The number of carbonyl (C=O) groups excluding carboxylic acids is 2. The summed E-state index contributed by atoms with van der Waals surface area (Å²) >= 11 is 0. The van der Waals surface area contributed by atoms with Crippen LogP contribution >= 0.6 is 0 Å². The van der Waals surface area contributed by atoms with E-state index < -0.39 is 0 Å². The number of fused-ring (bicyclic) bond motifs is 2. The second-order valence-electron chi connectivity index (χ2n) is 8.16. The Bertz CT molecular complexity index is 712. The summed E-state index contributed by atoms with van der Waals surface area (Å²) in [6.45, 7) is 3.38. The summed E-state index contributed by atoms with van der Waals surface area (Å²) in [5.41, 5.74) is 1.86. The van der Waals surface area contributed by atoms with Crippen molar-refractivity contribution < 1.29 is 14.3 Å². The lowest BCUT2D eigenvalue weighted by molar-refractivity contribution is -0.146. The maximum absolute atomic E-state index is 13.0. The average Bonchev–Trinajstić information content (AvgIpc) is 3.16. The largest absolute Gasteiger partial charge is 0.381 e. The first-order valence-corrected chi connectivity index (χ1v) is 9.90. The highest BCUT2D eigenvalue weighted by atomic mass is 16.5. The second kappa shape index (κ2) is 6.08. The molecule has 7 heteroatoms. The van der Waals surface area contributed by atoms with E-state index in [1.165, 1.54) is 0 Å². The number of H-pyrrole nitrogens is 1. The van der Waals surface area contributed by atoms with Crippen LogP contribution in [0.5, 0.6) is 0 Å². The Labute approximate surface area is 153 Å². The monoisotopic (exact) mass is 358 g/mol. The smallest absolute Gasteiger partial charge is 0.228 e. The molecule has 4 aliphatic rings. The van der Waals surface area contributed by atoms with Crippen LogP contribution in [-0.2, 0) is 26.3 Å². The third-order valence-electron chi connectivity index (χ3n) is 6.63. The van der Waals surface area contributed by atoms with Crippen molar-refractivity contribution in [2.24, 2.45) is 11.8 Å². The fourth-order valence-corrected chi connectivity index (χ4v) is 4.94. The maximum Gasteiger partial charge on any atom is 0.228 e. The van der Waals surface area contributed by atoms with Crippen LogP contribution in [0.25, 0.3) is 0 Å². The van der Waals surface area contributed by atoms with Crippen LogP contribution in [0.2, 0.25) is 0 Å². The first-order chi connectivity index (χ1) is 12.7. The normalized spacial score (nSPS) is 27.6.